The zero-order valence-corrected chi connectivity index (χ0v) is 9.36. The number of ether oxygens (including phenoxy) is 1. The molecule has 0 aliphatic heterocycles. The van der Waals surface area contributed by atoms with E-state index in [0.717, 1.165) is 5.56 Å². The number of carbonyl (C=O) groups is 1. The maximum atomic E-state index is 11.3. The van der Waals surface area contributed by atoms with Gasteiger partial charge in [0.25, 0.3) is 0 Å². The number of rotatable bonds is 5. The minimum Gasteiger partial charge on any atom is -0.369 e. The Kier molecular flexibility index (Phi) is 4.30. The van der Waals surface area contributed by atoms with Gasteiger partial charge in [0, 0.05) is 25.4 Å². The third-order valence-corrected chi connectivity index (χ3v) is 1.80. The van der Waals surface area contributed by atoms with E-state index in [1.165, 1.54) is 0 Å². The molecule has 1 N–H and O–H groups in total. The van der Waals surface area contributed by atoms with E-state index in [-0.39, 0.29) is 18.6 Å². The summed E-state index contributed by atoms with van der Waals surface area (Å²) in [5.74, 6) is -0.104. The van der Waals surface area contributed by atoms with Gasteiger partial charge >= 0.3 is 0 Å². The van der Waals surface area contributed by atoms with E-state index in [4.69, 9.17) is 4.74 Å². The van der Waals surface area contributed by atoms with Gasteiger partial charge in [-0.1, -0.05) is 0 Å². The number of amides is 1. The lowest BCUT2D eigenvalue weighted by Crippen LogP contribution is -2.28. The maximum absolute atomic E-state index is 11.3. The number of carbonyl (C=O) groups excluding carboxylic acids is 1. The summed E-state index contributed by atoms with van der Waals surface area (Å²) in [7, 11) is 1.84. The van der Waals surface area contributed by atoms with E-state index in [2.05, 4.69) is 10.4 Å². The molecule has 0 saturated carbocycles. The average molecular weight is 211 g/mol. The Morgan fingerprint density at radius 2 is 2.40 bits per heavy atom. The molecular formula is C10H17N3O2. The molecule has 1 amide bonds. The van der Waals surface area contributed by atoms with Gasteiger partial charge in [-0.3, -0.25) is 9.48 Å². The molecule has 0 atom stereocenters. The molecule has 0 aliphatic carbocycles. The molecule has 5 nitrogen and oxygen atoms in total. The number of nitrogens with one attached hydrogen (secondary N) is 1. The van der Waals surface area contributed by atoms with E-state index in [1.54, 1.807) is 10.9 Å². The monoisotopic (exact) mass is 211 g/mol. The first-order valence-electron chi connectivity index (χ1n) is 4.93. The van der Waals surface area contributed by atoms with E-state index >= 15 is 0 Å². The summed E-state index contributed by atoms with van der Waals surface area (Å²) in [6.45, 7) is 4.40. The third-order valence-electron chi connectivity index (χ3n) is 1.80. The van der Waals surface area contributed by atoms with Crippen molar-refractivity contribution in [3.63, 3.8) is 0 Å². The third kappa shape index (κ3) is 4.60. The average Bonchev–Trinajstić information content (AvgIpc) is 2.58. The largest absolute Gasteiger partial charge is 0.369 e. The number of nitrogens with zero attached hydrogens (tertiary/aromatic N) is 2. The van der Waals surface area contributed by atoms with Gasteiger partial charge in [0.15, 0.2) is 0 Å². The predicted octanol–water partition coefficient (Wildman–Crippen LogP) is 0.461. The van der Waals surface area contributed by atoms with Crippen LogP contribution in [0.1, 0.15) is 19.4 Å². The van der Waals surface area contributed by atoms with Crippen LogP contribution in [0.25, 0.3) is 0 Å². The number of aryl methyl sites for hydroxylation is 1. The van der Waals surface area contributed by atoms with Crippen LogP contribution >= 0.6 is 0 Å². The van der Waals surface area contributed by atoms with Crippen LogP contribution in [-0.2, 0) is 23.1 Å². The van der Waals surface area contributed by atoms with Crippen LogP contribution in [0.15, 0.2) is 12.4 Å². The minimum atomic E-state index is -0.104. The molecule has 15 heavy (non-hydrogen) atoms. The van der Waals surface area contributed by atoms with Gasteiger partial charge in [0.05, 0.1) is 12.3 Å². The van der Waals surface area contributed by atoms with Crippen molar-refractivity contribution in [2.75, 3.05) is 6.61 Å². The van der Waals surface area contributed by atoms with Gasteiger partial charge in [0.1, 0.15) is 6.61 Å². The van der Waals surface area contributed by atoms with Crippen molar-refractivity contribution in [1.82, 2.24) is 15.1 Å². The Balaban J connectivity index is 2.22. The molecule has 0 aromatic carbocycles. The Morgan fingerprint density at radius 3 is 2.93 bits per heavy atom. The summed E-state index contributed by atoms with van der Waals surface area (Å²) in [6, 6.07) is 0. The second kappa shape index (κ2) is 5.50. The number of hydrogen-bond donors (Lipinski definition) is 1. The summed E-state index contributed by atoms with van der Waals surface area (Å²) in [5.41, 5.74) is 0.982. The molecule has 84 valence electrons. The number of hydrogen-bond acceptors (Lipinski definition) is 3. The van der Waals surface area contributed by atoms with Crippen molar-refractivity contribution in [1.29, 1.82) is 0 Å². The zero-order valence-electron chi connectivity index (χ0n) is 9.36. The van der Waals surface area contributed by atoms with Crippen molar-refractivity contribution in [2.45, 2.75) is 26.5 Å². The highest BCUT2D eigenvalue weighted by molar-refractivity contribution is 5.77. The van der Waals surface area contributed by atoms with Crippen molar-refractivity contribution in [2.24, 2.45) is 7.05 Å². The fourth-order valence-electron chi connectivity index (χ4n) is 1.06. The second-order valence-corrected chi connectivity index (χ2v) is 3.66. The summed E-state index contributed by atoms with van der Waals surface area (Å²) in [5, 5.41) is 6.75. The fraction of sp³-hybridized carbons (Fsp3) is 0.600. The first-order valence-corrected chi connectivity index (χ1v) is 4.93. The molecule has 0 saturated heterocycles. The normalized spacial score (nSPS) is 10.7. The van der Waals surface area contributed by atoms with Crippen LogP contribution in [0.4, 0.5) is 0 Å². The molecule has 1 rings (SSSR count). The first kappa shape index (κ1) is 11.7. The van der Waals surface area contributed by atoms with Crippen molar-refractivity contribution in [3.05, 3.63) is 18.0 Å². The summed E-state index contributed by atoms with van der Waals surface area (Å²) >= 11 is 0. The van der Waals surface area contributed by atoms with Crippen LogP contribution in [0.3, 0.4) is 0 Å². The summed E-state index contributed by atoms with van der Waals surface area (Å²) in [4.78, 5) is 11.3. The maximum Gasteiger partial charge on any atom is 0.246 e. The molecule has 1 heterocycles. The van der Waals surface area contributed by atoms with E-state index in [0.29, 0.717) is 6.54 Å². The van der Waals surface area contributed by atoms with Crippen LogP contribution in [-0.4, -0.2) is 28.4 Å². The molecule has 0 radical (unpaired) electrons. The first-order chi connectivity index (χ1) is 7.08. The standard InChI is InChI=1S/C10H17N3O2/c1-8(2)15-7-10(14)11-4-9-5-12-13(3)6-9/h5-6,8H,4,7H2,1-3H3,(H,11,14). The topological polar surface area (TPSA) is 56.1 Å². The molecule has 0 bridgehead atoms. The highest BCUT2D eigenvalue weighted by Gasteiger charge is 2.03. The van der Waals surface area contributed by atoms with Gasteiger partial charge in [-0.05, 0) is 13.8 Å². The van der Waals surface area contributed by atoms with E-state index in [1.807, 2.05) is 27.1 Å². The molecule has 0 fully saturated rings. The van der Waals surface area contributed by atoms with E-state index in [9.17, 15) is 4.79 Å². The lowest BCUT2D eigenvalue weighted by atomic mass is 10.3. The highest BCUT2D eigenvalue weighted by Crippen LogP contribution is 1.95. The highest BCUT2D eigenvalue weighted by atomic mass is 16.5. The molecule has 1 aromatic rings. The van der Waals surface area contributed by atoms with Crippen LogP contribution in [0.2, 0.25) is 0 Å². The van der Waals surface area contributed by atoms with Gasteiger partial charge in [0.2, 0.25) is 5.91 Å². The Bertz CT molecular complexity index is 320. The van der Waals surface area contributed by atoms with E-state index < -0.39 is 0 Å². The van der Waals surface area contributed by atoms with Gasteiger partial charge < -0.3 is 10.1 Å². The van der Waals surface area contributed by atoms with Crippen molar-refractivity contribution >= 4 is 5.91 Å². The van der Waals surface area contributed by atoms with Crippen LogP contribution < -0.4 is 5.32 Å². The van der Waals surface area contributed by atoms with Crippen LogP contribution in [0, 0.1) is 0 Å². The summed E-state index contributed by atoms with van der Waals surface area (Å²) in [6.07, 6.45) is 3.67. The minimum absolute atomic E-state index is 0.0779. The second-order valence-electron chi connectivity index (χ2n) is 3.66. The van der Waals surface area contributed by atoms with Crippen molar-refractivity contribution in [3.8, 4) is 0 Å². The van der Waals surface area contributed by atoms with Gasteiger partial charge in [-0.25, -0.2) is 0 Å². The smallest absolute Gasteiger partial charge is 0.246 e. The fourth-order valence-corrected chi connectivity index (χ4v) is 1.06. The van der Waals surface area contributed by atoms with Crippen molar-refractivity contribution < 1.29 is 9.53 Å². The molecule has 0 aliphatic rings. The zero-order chi connectivity index (χ0) is 11.3. The number of aromatic nitrogens is 2. The lowest BCUT2D eigenvalue weighted by molar-refractivity contribution is -0.127. The van der Waals surface area contributed by atoms with Crippen LogP contribution in [0.5, 0.6) is 0 Å². The molecule has 1 aromatic heterocycles. The Hall–Kier alpha value is -1.36. The van der Waals surface area contributed by atoms with Gasteiger partial charge in [-0.2, -0.15) is 5.10 Å². The molecular weight excluding hydrogens is 194 g/mol. The molecule has 0 unspecified atom stereocenters. The quantitative estimate of drug-likeness (QED) is 0.770. The SMILES string of the molecule is CC(C)OCC(=O)NCc1cnn(C)c1. The molecule has 0 spiro atoms. The molecule has 5 heteroatoms. The van der Waals surface area contributed by atoms with Gasteiger partial charge in [-0.15, -0.1) is 0 Å². The Labute approximate surface area is 89.4 Å². The lowest BCUT2D eigenvalue weighted by Gasteiger charge is -2.07. The Morgan fingerprint density at radius 1 is 1.67 bits per heavy atom. The summed E-state index contributed by atoms with van der Waals surface area (Å²) < 4.78 is 6.86. The predicted molar refractivity (Wildman–Crippen MR) is 56.1 cm³/mol.